The number of hydrogen-bond acceptors (Lipinski definition) is 2. The molecule has 1 aromatic heterocycles. The fourth-order valence-corrected chi connectivity index (χ4v) is 2.37. The molecule has 0 bridgehead atoms. The van der Waals surface area contributed by atoms with Gasteiger partial charge in [-0.1, -0.05) is 12.1 Å². The second-order valence-electron chi connectivity index (χ2n) is 5.17. The van der Waals surface area contributed by atoms with Crippen LogP contribution in [0.5, 0.6) is 0 Å². The fraction of sp³-hybridized carbons (Fsp3) is 0.400. The van der Waals surface area contributed by atoms with E-state index >= 15 is 0 Å². The molecular weight excluding hydrogens is 224 g/mol. The van der Waals surface area contributed by atoms with Crippen LogP contribution in [0.2, 0.25) is 0 Å². The Morgan fingerprint density at radius 2 is 2.22 bits per heavy atom. The van der Waals surface area contributed by atoms with Crippen LogP contribution in [-0.2, 0) is 6.42 Å². The van der Waals surface area contributed by atoms with Gasteiger partial charge in [0.25, 0.3) is 0 Å². The van der Waals surface area contributed by atoms with Gasteiger partial charge in [-0.25, -0.2) is 4.68 Å². The van der Waals surface area contributed by atoms with Crippen LogP contribution >= 0.6 is 0 Å². The average Bonchev–Trinajstić information content (AvgIpc) is 3.06. The molecule has 2 aromatic rings. The molecule has 1 atom stereocenters. The van der Waals surface area contributed by atoms with Crippen molar-refractivity contribution in [3.8, 4) is 5.69 Å². The molecule has 0 aliphatic heterocycles. The molecule has 1 aromatic carbocycles. The molecule has 0 amide bonds. The number of nitrogens with zero attached hydrogens (tertiary/aromatic N) is 2. The Morgan fingerprint density at radius 1 is 1.39 bits per heavy atom. The number of rotatable bonds is 4. The topological polar surface area (TPSA) is 38.0 Å². The van der Waals surface area contributed by atoms with Crippen LogP contribution in [0.4, 0.5) is 0 Å². The van der Waals surface area contributed by atoms with Gasteiger partial charge in [0.2, 0.25) is 0 Å². The van der Waals surface area contributed by atoms with Crippen LogP contribution in [0.1, 0.15) is 36.9 Å². The van der Waals surface area contributed by atoms with E-state index in [0.29, 0.717) is 12.3 Å². The summed E-state index contributed by atoms with van der Waals surface area (Å²) in [5.74, 6) is 0.688. The van der Waals surface area contributed by atoms with E-state index in [2.05, 4.69) is 29.4 Å². The molecule has 1 fully saturated rings. The molecule has 1 aliphatic rings. The third kappa shape index (κ3) is 2.31. The molecule has 1 heterocycles. The summed E-state index contributed by atoms with van der Waals surface area (Å²) in [5, 5.41) is 13.9. The van der Waals surface area contributed by atoms with Crippen molar-refractivity contribution in [2.45, 2.75) is 38.2 Å². The minimum atomic E-state index is -0.305. The van der Waals surface area contributed by atoms with E-state index in [1.807, 2.05) is 23.9 Å². The maximum Gasteiger partial charge on any atom is 0.0651 e. The molecule has 0 radical (unpaired) electrons. The first kappa shape index (κ1) is 11.5. The maximum absolute atomic E-state index is 9.46. The lowest BCUT2D eigenvalue weighted by atomic mass is 10.1. The molecule has 1 N–H and O–H groups in total. The van der Waals surface area contributed by atoms with Crippen molar-refractivity contribution < 1.29 is 5.11 Å². The summed E-state index contributed by atoms with van der Waals surface area (Å²) >= 11 is 0. The predicted molar refractivity (Wildman–Crippen MR) is 70.9 cm³/mol. The molecule has 94 valence electrons. The molecule has 1 aliphatic carbocycles. The Bertz CT molecular complexity index is 541. The van der Waals surface area contributed by atoms with Gasteiger partial charge in [0, 0.05) is 17.8 Å². The molecule has 0 spiro atoms. The summed E-state index contributed by atoms with van der Waals surface area (Å²) in [6, 6.07) is 10.4. The first-order valence-electron chi connectivity index (χ1n) is 6.55. The van der Waals surface area contributed by atoms with Crippen LogP contribution in [0.15, 0.2) is 36.5 Å². The first-order chi connectivity index (χ1) is 8.74. The summed E-state index contributed by atoms with van der Waals surface area (Å²) in [7, 11) is 0. The minimum Gasteiger partial charge on any atom is -0.393 e. The average molecular weight is 242 g/mol. The monoisotopic (exact) mass is 242 g/mol. The van der Waals surface area contributed by atoms with Crippen molar-refractivity contribution in [1.29, 1.82) is 0 Å². The maximum atomic E-state index is 9.46. The highest BCUT2D eigenvalue weighted by Gasteiger charge is 2.27. The number of benzene rings is 1. The smallest absolute Gasteiger partial charge is 0.0651 e. The van der Waals surface area contributed by atoms with E-state index in [1.165, 1.54) is 18.5 Å². The molecule has 3 heteroatoms. The Balaban J connectivity index is 1.93. The van der Waals surface area contributed by atoms with Crippen LogP contribution in [-0.4, -0.2) is 21.0 Å². The van der Waals surface area contributed by atoms with Crippen LogP contribution < -0.4 is 0 Å². The zero-order valence-corrected chi connectivity index (χ0v) is 10.6. The van der Waals surface area contributed by atoms with E-state index in [9.17, 15) is 5.11 Å². The second-order valence-corrected chi connectivity index (χ2v) is 5.17. The zero-order chi connectivity index (χ0) is 12.5. The Labute approximate surface area is 107 Å². The number of hydrogen-bond donors (Lipinski definition) is 1. The summed E-state index contributed by atoms with van der Waals surface area (Å²) in [6.45, 7) is 1.82. The summed E-state index contributed by atoms with van der Waals surface area (Å²) in [5.41, 5.74) is 3.56. The van der Waals surface area contributed by atoms with Crippen LogP contribution in [0.3, 0.4) is 0 Å². The van der Waals surface area contributed by atoms with Crippen molar-refractivity contribution in [2.75, 3.05) is 0 Å². The SMILES string of the molecule is CC(O)Cc1cccc(-n2nccc2C2CC2)c1. The van der Waals surface area contributed by atoms with Gasteiger partial charge in [-0.3, -0.25) is 0 Å². The second kappa shape index (κ2) is 4.58. The quantitative estimate of drug-likeness (QED) is 0.895. The lowest BCUT2D eigenvalue weighted by molar-refractivity contribution is 0.195. The number of aliphatic hydroxyl groups is 1. The molecule has 1 unspecified atom stereocenters. The van der Waals surface area contributed by atoms with E-state index < -0.39 is 0 Å². The minimum absolute atomic E-state index is 0.305. The number of aliphatic hydroxyl groups excluding tert-OH is 1. The molecule has 3 nitrogen and oxygen atoms in total. The van der Waals surface area contributed by atoms with Gasteiger partial charge in [-0.15, -0.1) is 0 Å². The van der Waals surface area contributed by atoms with Gasteiger partial charge in [-0.2, -0.15) is 5.10 Å². The third-order valence-electron chi connectivity index (χ3n) is 3.35. The molecule has 3 rings (SSSR count). The lowest BCUT2D eigenvalue weighted by Crippen LogP contribution is -2.06. The standard InChI is InChI=1S/C15H18N2O/c1-11(18)9-12-3-2-4-14(10-12)17-15(7-8-16-17)13-5-6-13/h2-4,7-8,10-11,13,18H,5-6,9H2,1H3. The Hall–Kier alpha value is -1.61. The van der Waals surface area contributed by atoms with Gasteiger partial charge in [-0.05, 0) is 49.9 Å². The zero-order valence-electron chi connectivity index (χ0n) is 10.6. The van der Waals surface area contributed by atoms with Gasteiger partial charge in [0.1, 0.15) is 0 Å². The summed E-state index contributed by atoms with van der Waals surface area (Å²) < 4.78 is 2.03. The van der Waals surface area contributed by atoms with Crippen molar-refractivity contribution >= 4 is 0 Å². The van der Waals surface area contributed by atoms with Gasteiger partial charge in [0.15, 0.2) is 0 Å². The largest absolute Gasteiger partial charge is 0.393 e. The number of aromatic nitrogens is 2. The lowest BCUT2D eigenvalue weighted by Gasteiger charge is -2.09. The van der Waals surface area contributed by atoms with Crippen molar-refractivity contribution in [3.63, 3.8) is 0 Å². The van der Waals surface area contributed by atoms with Gasteiger partial charge >= 0.3 is 0 Å². The molecular formula is C15H18N2O. The van der Waals surface area contributed by atoms with E-state index in [1.54, 1.807) is 0 Å². The van der Waals surface area contributed by atoms with Crippen molar-refractivity contribution in [1.82, 2.24) is 9.78 Å². The van der Waals surface area contributed by atoms with E-state index in [4.69, 9.17) is 0 Å². The van der Waals surface area contributed by atoms with E-state index in [-0.39, 0.29) is 6.10 Å². The molecule has 0 saturated heterocycles. The molecule has 18 heavy (non-hydrogen) atoms. The van der Waals surface area contributed by atoms with Gasteiger partial charge < -0.3 is 5.11 Å². The Kier molecular flexibility index (Phi) is 2.92. The highest BCUT2D eigenvalue weighted by molar-refractivity contribution is 5.38. The van der Waals surface area contributed by atoms with Crippen LogP contribution in [0.25, 0.3) is 5.69 Å². The third-order valence-corrected chi connectivity index (χ3v) is 3.35. The van der Waals surface area contributed by atoms with Crippen molar-refractivity contribution in [3.05, 3.63) is 47.8 Å². The van der Waals surface area contributed by atoms with Gasteiger partial charge in [0.05, 0.1) is 11.8 Å². The van der Waals surface area contributed by atoms with Crippen molar-refractivity contribution in [2.24, 2.45) is 0 Å². The fourth-order valence-electron chi connectivity index (χ4n) is 2.37. The molecule has 1 saturated carbocycles. The highest BCUT2D eigenvalue weighted by atomic mass is 16.3. The first-order valence-corrected chi connectivity index (χ1v) is 6.55. The highest BCUT2D eigenvalue weighted by Crippen LogP contribution is 2.40. The van der Waals surface area contributed by atoms with Crippen LogP contribution in [0, 0.1) is 0 Å². The normalized spacial score (nSPS) is 16.8. The Morgan fingerprint density at radius 3 is 2.94 bits per heavy atom. The summed E-state index contributed by atoms with van der Waals surface area (Å²) in [4.78, 5) is 0. The summed E-state index contributed by atoms with van der Waals surface area (Å²) in [6.07, 6.45) is 4.81. The van der Waals surface area contributed by atoms with E-state index in [0.717, 1.165) is 11.3 Å². The predicted octanol–water partition coefficient (Wildman–Crippen LogP) is 2.67.